The first-order valence-corrected chi connectivity index (χ1v) is 9.50. The highest BCUT2D eigenvalue weighted by Crippen LogP contribution is 2.37. The zero-order valence-corrected chi connectivity index (χ0v) is 17.8. The maximum absolute atomic E-state index is 13.1. The highest BCUT2D eigenvalue weighted by atomic mass is 19.4. The molecule has 0 fully saturated rings. The predicted octanol–water partition coefficient (Wildman–Crippen LogP) is 3.25. The Bertz CT molecular complexity index is 975. The van der Waals surface area contributed by atoms with Crippen molar-refractivity contribution in [3.8, 4) is 5.75 Å². The third-order valence-corrected chi connectivity index (χ3v) is 4.94. The Balaban J connectivity index is 2.15. The Morgan fingerprint density at radius 2 is 1.62 bits per heavy atom. The first-order valence-electron chi connectivity index (χ1n) is 9.50. The fourth-order valence-electron chi connectivity index (χ4n) is 2.71. The maximum Gasteiger partial charge on any atom is 0.455 e. The lowest BCUT2D eigenvalue weighted by molar-refractivity contribution is -0.278. The van der Waals surface area contributed by atoms with Crippen LogP contribution in [0.3, 0.4) is 0 Å². The maximum atomic E-state index is 13.1. The summed E-state index contributed by atoms with van der Waals surface area (Å²) < 4.78 is 107. The van der Waals surface area contributed by atoms with E-state index >= 15 is 0 Å². The number of nitrogens with one attached hydrogen (secondary N) is 3. The van der Waals surface area contributed by atoms with Gasteiger partial charge in [0.05, 0.1) is 17.8 Å². The molecule has 1 aliphatic heterocycles. The number of halogens is 8. The molecule has 1 heterocycles. The largest absolute Gasteiger partial charge is 0.486 e. The van der Waals surface area contributed by atoms with Crippen molar-refractivity contribution in [2.24, 2.45) is 5.41 Å². The van der Waals surface area contributed by atoms with Crippen molar-refractivity contribution >= 4 is 23.4 Å². The summed E-state index contributed by atoms with van der Waals surface area (Å²) in [6.07, 6.45) is -11.9. The third kappa shape index (κ3) is 5.67. The Labute approximate surface area is 187 Å². The Hall–Kier alpha value is -3.13. The Morgan fingerprint density at radius 3 is 2.15 bits per heavy atom. The molecule has 0 saturated heterocycles. The van der Waals surface area contributed by atoms with Crippen LogP contribution in [0.4, 0.5) is 40.8 Å². The van der Waals surface area contributed by atoms with Crippen LogP contribution in [0.15, 0.2) is 18.2 Å². The van der Waals surface area contributed by atoms with E-state index in [-0.39, 0.29) is 11.4 Å². The molecule has 0 bridgehead atoms. The molecule has 0 radical (unpaired) electrons. The standard InChI is InChI=1S/C19H19F8N3O4/c1-8-12(13(31)29-10-5-4-9(18(22,23)24)6-11(10)34-8)30-15(33)16(2,3)14(32)28-7-17(20,21)19(25,26)27/h4-6,8,12H,7H2,1-3H3,(H,28,32)(H,29,31)(H,30,33)/t8-,12+/m1/s1. The summed E-state index contributed by atoms with van der Waals surface area (Å²) in [4.78, 5) is 37.3. The number of hydrogen-bond acceptors (Lipinski definition) is 4. The lowest BCUT2D eigenvalue weighted by atomic mass is 9.90. The van der Waals surface area contributed by atoms with Gasteiger partial charge in [-0.25, -0.2) is 0 Å². The predicted molar refractivity (Wildman–Crippen MR) is 99.9 cm³/mol. The number of carbonyl (C=O) groups is 3. The number of benzene rings is 1. The van der Waals surface area contributed by atoms with Crippen molar-refractivity contribution in [1.82, 2.24) is 10.6 Å². The molecule has 0 unspecified atom stereocenters. The summed E-state index contributed by atoms with van der Waals surface area (Å²) in [5.41, 5.74) is -3.42. The summed E-state index contributed by atoms with van der Waals surface area (Å²) in [6, 6.07) is 0.702. The van der Waals surface area contributed by atoms with Gasteiger partial charge in [0.2, 0.25) is 11.8 Å². The van der Waals surface area contributed by atoms with Crippen LogP contribution in [0.1, 0.15) is 26.3 Å². The molecule has 0 aromatic heterocycles. The van der Waals surface area contributed by atoms with Gasteiger partial charge in [-0.2, -0.15) is 35.1 Å². The van der Waals surface area contributed by atoms with Crippen LogP contribution < -0.4 is 20.7 Å². The molecule has 3 N–H and O–H groups in total. The highest BCUT2D eigenvalue weighted by Gasteiger charge is 2.57. The van der Waals surface area contributed by atoms with Crippen LogP contribution in [0.5, 0.6) is 5.75 Å². The second kappa shape index (κ2) is 8.91. The van der Waals surface area contributed by atoms with Crippen LogP contribution in [0.25, 0.3) is 0 Å². The van der Waals surface area contributed by atoms with E-state index in [0.717, 1.165) is 19.9 Å². The summed E-state index contributed by atoms with van der Waals surface area (Å²) in [6.45, 7) is 0.935. The van der Waals surface area contributed by atoms with E-state index in [1.807, 2.05) is 0 Å². The minimum absolute atomic E-state index is 0.131. The number of anilines is 1. The van der Waals surface area contributed by atoms with E-state index < -0.39 is 65.7 Å². The van der Waals surface area contributed by atoms with Crippen LogP contribution in [0, 0.1) is 5.41 Å². The normalized spacial score (nSPS) is 19.3. The number of carbonyl (C=O) groups excluding carboxylic acids is 3. The second-order valence-electron chi connectivity index (χ2n) is 7.98. The molecular formula is C19H19F8N3O4. The van der Waals surface area contributed by atoms with E-state index in [4.69, 9.17) is 4.74 Å². The molecule has 190 valence electrons. The van der Waals surface area contributed by atoms with Crippen LogP contribution in [-0.2, 0) is 20.6 Å². The first-order chi connectivity index (χ1) is 15.3. The lowest BCUT2D eigenvalue weighted by Crippen LogP contribution is -2.58. The number of hydrogen-bond donors (Lipinski definition) is 3. The molecule has 0 saturated carbocycles. The molecule has 0 aliphatic carbocycles. The smallest absolute Gasteiger partial charge is 0.455 e. The fraction of sp³-hybridized carbons (Fsp3) is 0.526. The van der Waals surface area contributed by atoms with E-state index in [1.54, 1.807) is 0 Å². The number of rotatable bonds is 5. The number of alkyl halides is 8. The molecule has 15 heteroatoms. The summed E-state index contributed by atoms with van der Waals surface area (Å²) in [7, 11) is 0. The second-order valence-corrected chi connectivity index (χ2v) is 7.98. The molecule has 2 atom stereocenters. The summed E-state index contributed by atoms with van der Waals surface area (Å²) in [5, 5.41) is 5.73. The number of ether oxygens (including phenoxy) is 1. The lowest BCUT2D eigenvalue weighted by Gasteiger charge is -2.28. The molecule has 34 heavy (non-hydrogen) atoms. The molecule has 3 amide bonds. The van der Waals surface area contributed by atoms with Gasteiger partial charge in [0, 0.05) is 0 Å². The van der Waals surface area contributed by atoms with Gasteiger partial charge >= 0.3 is 18.3 Å². The van der Waals surface area contributed by atoms with Gasteiger partial charge in [-0.1, -0.05) is 0 Å². The SMILES string of the molecule is C[C@H]1Oc2cc(C(F)(F)F)ccc2NC(=O)[C@H]1NC(=O)C(C)(C)C(=O)NCC(F)(F)C(F)(F)F. The van der Waals surface area contributed by atoms with Crippen molar-refractivity contribution in [3.05, 3.63) is 23.8 Å². The topological polar surface area (TPSA) is 96.5 Å². The van der Waals surface area contributed by atoms with Gasteiger partial charge < -0.3 is 20.7 Å². The van der Waals surface area contributed by atoms with Crippen LogP contribution in [0.2, 0.25) is 0 Å². The van der Waals surface area contributed by atoms with Gasteiger partial charge in [-0.15, -0.1) is 0 Å². The Kier molecular flexibility index (Phi) is 7.10. The van der Waals surface area contributed by atoms with Crippen molar-refractivity contribution in [2.45, 2.75) is 51.2 Å². The highest BCUT2D eigenvalue weighted by molar-refractivity contribution is 6.07. The summed E-state index contributed by atoms with van der Waals surface area (Å²) >= 11 is 0. The average Bonchev–Trinajstić information content (AvgIpc) is 2.80. The summed E-state index contributed by atoms with van der Waals surface area (Å²) in [5.74, 6) is -9.26. The van der Waals surface area contributed by atoms with E-state index in [9.17, 15) is 49.5 Å². The molecule has 1 aromatic carbocycles. The minimum Gasteiger partial charge on any atom is -0.486 e. The first kappa shape index (κ1) is 27.1. The van der Waals surface area contributed by atoms with Crippen molar-refractivity contribution in [3.63, 3.8) is 0 Å². The Morgan fingerprint density at radius 1 is 1.03 bits per heavy atom. The van der Waals surface area contributed by atoms with Gasteiger partial charge in [-0.3, -0.25) is 14.4 Å². The van der Waals surface area contributed by atoms with Gasteiger partial charge in [0.25, 0.3) is 5.91 Å². The molecule has 2 rings (SSSR count). The average molecular weight is 505 g/mol. The van der Waals surface area contributed by atoms with Crippen LogP contribution >= 0.6 is 0 Å². The van der Waals surface area contributed by atoms with Gasteiger partial charge in [0.15, 0.2) is 0 Å². The third-order valence-electron chi connectivity index (χ3n) is 4.94. The van der Waals surface area contributed by atoms with E-state index in [2.05, 4.69) is 10.6 Å². The molecule has 1 aromatic rings. The number of fused-ring (bicyclic) bond motifs is 1. The fourth-order valence-corrected chi connectivity index (χ4v) is 2.71. The molecular weight excluding hydrogens is 486 g/mol. The monoisotopic (exact) mass is 505 g/mol. The van der Waals surface area contributed by atoms with Gasteiger partial charge in [-0.05, 0) is 39.0 Å². The zero-order chi connectivity index (χ0) is 26.3. The molecule has 1 aliphatic rings. The van der Waals surface area contributed by atoms with Crippen molar-refractivity contribution in [2.75, 3.05) is 11.9 Å². The zero-order valence-electron chi connectivity index (χ0n) is 17.8. The van der Waals surface area contributed by atoms with E-state index in [1.165, 1.54) is 12.2 Å². The van der Waals surface area contributed by atoms with Gasteiger partial charge in [0.1, 0.15) is 23.3 Å². The van der Waals surface area contributed by atoms with E-state index in [0.29, 0.717) is 12.1 Å². The van der Waals surface area contributed by atoms with Crippen molar-refractivity contribution < 1.29 is 54.2 Å². The molecule has 7 nitrogen and oxygen atoms in total. The minimum atomic E-state index is -5.93. The molecule has 0 spiro atoms. The number of amides is 3. The van der Waals surface area contributed by atoms with Crippen molar-refractivity contribution in [1.29, 1.82) is 0 Å². The van der Waals surface area contributed by atoms with Crippen LogP contribution in [-0.4, -0.2) is 48.5 Å². The quantitative estimate of drug-likeness (QED) is 0.423.